The molecular formula is C15H18N2O2. The average molecular weight is 258 g/mol. The molecule has 0 fully saturated rings. The lowest BCUT2D eigenvalue weighted by atomic mass is 10.2. The van der Waals surface area contributed by atoms with Gasteiger partial charge in [0.05, 0.1) is 19.9 Å². The van der Waals surface area contributed by atoms with Crippen molar-refractivity contribution in [1.82, 2.24) is 9.55 Å². The van der Waals surface area contributed by atoms with Crippen LogP contribution in [0.1, 0.15) is 5.69 Å². The van der Waals surface area contributed by atoms with Crippen molar-refractivity contribution in [1.29, 1.82) is 0 Å². The molecule has 1 aromatic rings. The van der Waals surface area contributed by atoms with E-state index in [-0.39, 0.29) is 12.4 Å². The summed E-state index contributed by atoms with van der Waals surface area (Å²) in [6.45, 7) is 7.94. The number of allylic oxidation sites excluding steroid dienone is 6. The lowest BCUT2D eigenvalue weighted by Crippen LogP contribution is -2.10. The van der Waals surface area contributed by atoms with Crippen molar-refractivity contribution in [3.05, 3.63) is 67.3 Å². The van der Waals surface area contributed by atoms with Gasteiger partial charge in [-0.2, -0.15) is 0 Å². The number of hydrogen-bond donors (Lipinski definition) is 0. The molecule has 0 amide bonds. The van der Waals surface area contributed by atoms with Crippen LogP contribution in [0.4, 0.5) is 0 Å². The Morgan fingerprint density at radius 2 is 2.26 bits per heavy atom. The van der Waals surface area contributed by atoms with Gasteiger partial charge in [-0.05, 0) is 5.57 Å². The summed E-state index contributed by atoms with van der Waals surface area (Å²) in [5.41, 5.74) is 1.85. The Labute approximate surface area is 113 Å². The largest absolute Gasteiger partial charge is 0.469 e. The summed E-state index contributed by atoms with van der Waals surface area (Å²) in [6.07, 6.45) is 12.7. The Bertz CT molecular complexity index is 510. The van der Waals surface area contributed by atoms with E-state index in [0.29, 0.717) is 6.54 Å². The number of carbonyl (C=O) groups is 1. The predicted octanol–water partition coefficient (Wildman–Crippen LogP) is 2.45. The SMILES string of the molecule is C=C/C=C\C(=C/C=C)Cn1cncc1CC(=O)OC. The normalized spacial score (nSPS) is 11.5. The Kier molecular flexibility index (Phi) is 6.09. The number of esters is 1. The molecule has 0 saturated heterocycles. The molecule has 0 aliphatic heterocycles. The summed E-state index contributed by atoms with van der Waals surface area (Å²) in [7, 11) is 1.37. The van der Waals surface area contributed by atoms with Crippen molar-refractivity contribution in [2.75, 3.05) is 7.11 Å². The van der Waals surface area contributed by atoms with Gasteiger partial charge in [-0.1, -0.05) is 43.5 Å². The molecular weight excluding hydrogens is 240 g/mol. The van der Waals surface area contributed by atoms with E-state index in [2.05, 4.69) is 22.9 Å². The van der Waals surface area contributed by atoms with Gasteiger partial charge >= 0.3 is 5.97 Å². The fraction of sp³-hybridized carbons (Fsp3) is 0.200. The highest BCUT2D eigenvalue weighted by Gasteiger charge is 2.08. The molecule has 1 rings (SSSR count). The van der Waals surface area contributed by atoms with E-state index in [1.807, 2.05) is 22.8 Å². The first kappa shape index (κ1) is 14.7. The highest BCUT2D eigenvalue weighted by molar-refractivity contribution is 5.71. The van der Waals surface area contributed by atoms with Gasteiger partial charge in [0, 0.05) is 18.4 Å². The van der Waals surface area contributed by atoms with Crippen LogP contribution in [0.2, 0.25) is 0 Å². The zero-order valence-electron chi connectivity index (χ0n) is 11.1. The van der Waals surface area contributed by atoms with Gasteiger partial charge in [-0.15, -0.1) is 0 Å². The summed E-state index contributed by atoms with van der Waals surface area (Å²) in [4.78, 5) is 15.4. The number of aromatic nitrogens is 2. The number of methoxy groups -OCH3 is 1. The number of hydrogen-bond acceptors (Lipinski definition) is 3. The minimum atomic E-state index is -0.280. The molecule has 0 radical (unpaired) electrons. The Morgan fingerprint density at radius 1 is 1.47 bits per heavy atom. The first-order valence-corrected chi connectivity index (χ1v) is 5.87. The van der Waals surface area contributed by atoms with Crippen LogP contribution in [0.15, 0.2) is 61.6 Å². The number of ether oxygens (including phenoxy) is 1. The second-order valence-electron chi connectivity index (χ2n) is 3.84. The van der Waals surface area contributed by atoms with Gasteiger partial charge in [0.2, 0.25) is 0 Å². The summed E-state index contributed by atoms with van der Waals surface area (Å²) in [5.74, 6) is -0.280. The average Bonchev–Trinajstić information content (AvgIpc) is 2.83. The fourth-order valence-corrected chi connectivity index (χ4v) is 1.56. The Hall–Kier alpha value is -2.36. The standard InChI is InChI=1S/C15H18N2O2/c1-4-6-8-13(7-5-2)11-17-12-16-10-14(17)9-15(18)19-3/h4-8,10,12H,1-2,9,11H2,3H3/b8-6-,13-7+. The smallest absolute Gasteiger partial charge is 0.311 e. The van der Waals surface area contributed by atoms with Crippen LogP contribution in [-0.4, -0.2) is 22.6 Å². The van der Waals surface area contributed by atoms with Crippen molar-refractivity contribution < 1.29 is 9.53 Å². The molecule has 0 N–H and O–H groups in total. The highest BCUT2D eigenvalue weighted by Crippen LogP contribution is 2.08. The monoisotopic (exact) mass is 258 g/mol. The quantitative estimate of drug-likeness (QED) is 0.557. The van der Waals surface area contributed by atoms with E-state index in [1.54, 1.807) is 24.7 Å². The van der Waals surface area contributed by atoms with E-state index in [0.717, 1.165) is 11.3 Å². The first-order valence-electron chi connectivity index (χ1n) is 5.87. The summed E-state index contributed by atoms with van der Waals surface area (Å²) >= 11 is 0. The summed E-state index contributed by atoms with van der Waals surface area (Å²) in [6, 6.07) is 0. The third-order valence-electron chi connectivity index (χ3n) is 2.48. The fourth-order valence-electron chi connectivity index (χ4n) is 1.56. The molecule has 0 saturated carbocycles. The molecule has 0 aromatic carbocycles. The maximum absolute atomic E-state index is 11.3. The van der Waals surface area contributed by atoms with Gasteiger partial charge in [0.25, 0.3) is 0 Å². The van der Waals surface area contributed by atoms with Crippen LogP contribution < -0.4 is 0 Å². The molecule has 4 heteroatoms. The molecule has 1 aromatic heterocycles. The van der Waals surface area contributed by atoms with Gasteiger partial charge in [-0.25, -0.2) is 4.98 Å². The van der Waals surface area contributed by atoms with Gasteiger partial charge in [-0.3, -0.25) is 4.79 Å². The minimum Gasteiger partial charge on any atom is -0.469 e. The zero-order chi connectivity index (χ0) is 14.1. The van der Waals surface area contributed by atoms with Crippen molar-refractivity contribution in [2.45, 2.75) is 13.0 Å². The van der Waals surface area contributed by atoms with Gasteiger partial charge in [0.1, 0.15) is 0 Å². The third kappa shape index (κ3) is 4.79. The van der Waals surface area contributed by atoms with Crippen LogP contribution in [0.25, 0.3) is 0 Å². The van der Waals surface area contributed by atoms with Gasteiger partial charge < -0.3 is 9.30 Å². The lowest BCUT2D eigenvalue weighted by Gasteiger charge is -2.08. The molecule has 0 spiro atoms. The highest BCUT2D eigenvalue weighted by atomic mass is 16.5. The van der Waals surface area contributed by atoms with Crippen LogP contribution in [0.5, 0.6) is 0 Å². The number of nitrogens with zero attached hydrogens (tertiary/aromatic N) is 2. The topological polar surface area (TPSA) is 44.1 Å². The molecule has 0 aliphatic carbocycles. The first-order chi connectivity index (χ1) is 9.21. The van der Waals surface area contributed by atoms with Crippen LogP contribution in [0.3, 0.4) is 0 Å². The molecule has 19 heavy (non-hydrogen) atoms. The lowest BCUT2D eigenvalue weighted by molar-refractivity contribution is -0.139. The Balaban J connectivity index is 2.85. The summed E-state index contributed by atoms with van der Waals surface area (Å²) < 4.78 is 6.56. The maximum atomic E-state index is 11.3. The predicted molar refractivity (Wildman–Crippen MR) is 75.6 cm³/mol. The summed E-state index contributed by atoms with van der Waals surface area (Å²) in [5, 5.41) is 0. The maximum Gasteiger partial charge on any atom is 0.311 e. The van der Waals surface area contributed by atoms with E-state index in [4.69, 9.17) is 0 Å². The van der Waals surface area contributed by atoms with Crippen LogP contribution in [-0.2, 0) is 22.5 Å². The van der Waals surface area contributed by atoms with Crippen molar-refractivity contribution in [3.63, 3.8) is 0 Å². The molecule has 0 bridgehead atoms. The van der Waals surface area contributed by atoms with E-state index < -0.39 is 0 Å². The number of carbonyl (C=O) groups excluding carboxylic acids is 1. The second kappa shape index (κ2) is 7.87. The van der Waals surface area contributed by atoms with E-state index in [9.17, 15) is 4.79 Å². The molecule has 0 aliphatic rings. The van der Waals surface area contributed by atoms with Crippen LogP contribution >= 0.6 is 0 Å². The molecule has 1 heterocycles. The van der Waals surface area contributed by atoms with Gasteiger partial charge in [0.15, 0.2) is 0 Å². The van der Waals surface area contributed by atoms with E-state index in [1.165, 1.54) is 7.11 Å². The number of rotatable bonds is 7. The zero-order valence-corrected chi connectivity index (χ0v) is 11.1. The van der Waals surface area contributed by atoms with Crippen molar-refractivity contribution in [2.24, 2.45) is 0 Å². The second-order valence-corrected chi connectivity index (χ2v) is 3.84. The van der Waals surface area contributed by atoms with Crippen molar-refractivity contribution >= 4 is 5.97 Å². The van der Waals surface area contributed by atoms with E-state index >= 15 is 0 Å². The number of imidazole rings is 1. The minimum absolute atomic E-state index is 0.211. The molecule has 0 atom stereocenters. The molecule has 100 valence electrons. The molecule has 4 nitrogen and oxygen atoms in total. The van der Waals surface area contributed by atoms with Crippen LogP contribution in [0, 0.1) is 0 Å². The van der Waals surface area contributed by atoms with Crippen molar-refractivity contribution in [3.8, 4) is 0 Å². The third-order valence-corrected chi connectivity index (χ3v) is 2.48. The molecule has 0 unspecified atom stereocenters. The Morgan fingerprint density at radius 3 is 2.89 bits per heavy atom.